The molecule has 0 aromatic heterocycles. The van der Waals surface area contributed by atoms with Gasteiger partial charge in [0, 0.05) is 0 Å². The molecule has 1 aromatic rings. The Hall–Kier alpha value is -0.468. The fourth-order valence-corrected chi connectivity index (χ4v) is 6.19. The van der Waals surface area contributed by atoms with Crippen LogP contribution in [0.15, 0.2) is 18.2 Å². The van der Waals surface area contributed by atoms with Gasteiger partial charge in [0.05, 0.1) is 0 Å². The molecule has 7 nitrogen and oxygen atoms in total. The maximum atomic E-state index is 12.8. The first-order valence-corrected chi connectivity index (χ1v) is 11.4. The van der Waals surface area contributed by atoms with Crippen molar-refractivity contribution in [2.75, 3.05) is 32.7 Å². The number of benzene rings is 1. The van der Waals surface area contributed by atoms with Crippen LogP contribution in [0.25, 0.3) is 5.32 Å². The molecule has 2 N–H and O–H groups in total. The van der Waals surface area contributed by atoms with Crippen LogP contribution in [0.2, 0.25) is 0 Å². The normalized spacial score (nSPS) is 26.4. The van der Waals surface area contributed by atoms with E-state index < -0.39 is 26.7 Å². The maximum Gasteiger partial charge on any atom is 2.00 e. The summed E-state index contributed by atoms with van der Waals surface area (Å²) in [6, 6.07) is 8.33. The van der Waals surface area contributed by atoms with Gasteiger partial charge in [0.15, 0.2) is 0 Å². The van der Waals surface area contributed by atoms with E-state index in [9.17, 15) is 14.4 Å². The molecule has 3 saturated heterocycles. The van der Waals surface area contributed by atoms with E-state index in [0.29, 0.717) is 12.1 Å². The Morgan fingerprint density at radius 2 is 1.96 bits per heavy atom. The van der Waals surface area contributed by atoms with E-state index in [1.54, 1.807) is 17.0 Å². The molecular weight excluding hydrogens is 697 g/mol. The third-order valence-electron chi connectivity index (χ3n) is 5.37. The summed E-state index contributed by atoms with van der Waals surface area (Å²) in [5, 5.41) is 10.0. The summed E-state index contributed by atoms with van der Waals surface area (Å²) >= 11 is -1.15. The van der Waals surface area contributed by atoms with Crippen molar-refractivity contribution in [1.82, 2.24) is 15.5 Å². The smallest absolute Gasteiger partial charge is 2.00 e. The van der Waals surface area contributed by atoms with Gasteiger partial charge in [-0.3, -0.25) is 0 Å². The molecular formula is C19H22IN4O3U-. The molecule has 0 radical (unpaired) electrons. The molecule has 4 aliphatic rings. The number of carbonyl (C=O) groups excluding carboxylic acids is 3. The van der Waals surface area contributed by atoms with E-state index in [1.165, 1.54) is 0 Å². The second-order valence-electron chi connectivity index (χ2n) is 7.18. The molecule has 2 amide bonds. The van der Waals surface area contributed by atoms with Crippen LogP contribution in [0.1, 0.15) is 28.8 Å². The molecule has 0 aliphatic carbocycles. The number of hydrogen-bond donors (Lipinski definition) is 2. The predicted octanol–water partition coefficient (Wildman–Crippen LogP) is -2.11. The van der Waals surface area contributed by atoms with Crippen molar-refractivity contribution in [2.45, 2.75) is 24.9 Å². The van der Waals surface area contributed by atoms with Gasteiger partial charge >= 0.3 is 182 Å². The molecule has 0 saturated carbocycles. The van der Waals surface area contributed by atoms with E-state index in [4.69, 9.17) is 0 Å². The Labute approximate surface area is 198 Å². The Bertz CT molecular complexity index is 767. The summed E-state index contributed by atoms with van der Waals surface area (Å²) < 4.78 is -0.0802. The number of carbonyl (C=O) groups is 3. The van der Waals surface area contributed by atoms with Crippen molar-refractivity contribution in [2.24, 2.45) is 5.92 Å². The summed E-state index contributed by atoms with van der Waals surface area (Å²) in [4.78, 5) is 39.2. The fourth-order valence-electron chi connectivity index (χ4n) is 3.90. The molecule has 4 aliphatic heterocycles. The van der Waals surface area contributed by atoms with Crippen LogP contribution in [0.5, 0.6) is 0 Å². The second kappa shape index (κ2) is 9.56. The Morgan fingerprint density at radius 3 is 2.54 bits per heavy atom. The molecule has 0 bridgehead atoms. The minimum absolute atomic E-state index is 0. The fraction of sp³-hybridized carbons (Fsp3) is 0.526. The van der Waals surface area contributed by atoms with Gasteiger partial charge in [-0.1, -0.05) is 0 Å². The first-order valence-electron chi connectivity index (χ1n) is 9.24. The number of piperidine rings is 1. The van der Waals surface area contributed by atoms with Gasteiger partial charge in [0.2, 0.25) is 0 Å². The Balaban J connectivity index is 0.000000515. The van der Waals surface area contributed by atoms with Crippen LogP contribution in [-0.4, -0.2) is 56.8 Å². The van der Waals surface area contributed by atoms with Crippen LogP contribution >= 0.6 is 0 Å². The second-order valence-corrected chi connectivity index (χ2v) is 9.68. The van der Waals surface area contributed by atoms with Gasteiger partial charge < -0.3 is 5.32 Å². The number of nitrogens with zero attached hydrogens (tertiary/aromatic N) is 2. The number of amides is 2. The summed E-state index contributed by atoms with van der Waals surface area (Å²) in [7, 11) is 0. The molecule has 5 rings (SSSR count). The largest absolute Gasteiger partial charge is 2.00 e. The molecule has 148 valence electrons. The molecule has 4 heterocycles. The topological polar surface area (TPSA) is 92.6 Å². The maximum absolute atomic E-state index is 12.8. The zero-order valence-corrected chi connectivity index (χ0v) is 21.8. The van der Waals surface area contributed by atoms with Crippen molar-refractivity contribution >= 4 is 13.6 Å². The van der Waals surface area contributed by atoms with Gasteiger partial charge in [-0.2, -0.15) is 13.1 Å². The average Bonchev–Trinajstić information content (AvgIpc) is 3.49. The minimum Gasteiger partial charge on any atom is 2.00 e. The number of hydrogen-bond acceptors (Lipinski definition) is 4. The third-order valence-corrected chi connectivity index (χ3v) is 7.58. The van der Waals surface area contributed by atoms with Crippen LogP contribution in [0.3, 0.4) is 0 Å². The van der Waals surface area contributed by atoms with Crippen LogP contribution < -0.4 is 31.8 Å². The standard InChI is InChI=1S/C17H18IN3O3.C2H4N.U/c22-14-13-4-2-1-3-11(13)9-21(14)10-17(12-5-7-19-8-6-12)15(23)18-16(24)20-17;1-2-3-1;/h2-4,12,19H,5-10H2,(H,20,24);1-2H2;/q-2;-1;+2. The summed E-state index contributed by atoms with van der Waals surface area (Å²) in [5.41, 5.74) is 0.739. The number of rotatable bonds is 3. The number of fused-ring (bicyclic) bond motifs is 1. The minimum atomic E-state index is -1.15. The zero-order valence-electron chi connectivity index (χ0n) is 15.5. The number of halogens is 1. The molecule has 28 heavy (non-hydrogen) atoms. The predicted molar refractivity (Wildman–Crippen MR) is 95.0 cm³/mol. The molecule has 3 fully saturated rings. The number of nitrogens with one attached hydrogen (secondary N) is 2. The van der Waals surface area contributed by atoms with Gasteiger partial charge in [-0.25, -0.2) is 0 Å². The molecule has 1 atom stereocenters. The summed E-state index contributed by atoms with van der Waals surface area (Å²) in [6.45, 7) is 4.71. The first kappa shape index (κ1) is 22.2. The molecule has 1 aromatic carbocycles. The van der Waals surface area contributed by atoms with E-state index in [1.807, 2.05) is 6.07 Å². The van der Waals surface area contributed by atoms with Crippen LogP contribution in [-0.2, 0) is 11.3 Å². The summed E-state index contributed by atoms with van der Waals surface area (Å²) in [5.74, 6) is 0.0416. The van der Waals surface area contributed by atoms with Crippen molar-refractivity contribution in [3.63, 3.8) is 0 Å². The van der Waals surface area contributed by atoms with Gasteiger partial charge in [0.25, 0.3) is 0 Å². The van der Waals surface area contributed by atoms with E-state index in [2.05, 4.69) is 22.0 Å². The van der Waals surface area contributed by atoms with Crippen LogP contribution in [0, 0.1) is 43.1 Å². The van der Waals surface area contributed by atoms with Crippen LogP contribution in [0.4, 0.5) is 4.79 Å². The average molecular weight is 719 g/mol. The molecule has 1 unspecified atom stereocenters. The summed E-state index contributed by atoms with van der Waals surface area (Å²) in [6.07, 6.45) is 1.69. The zero-order chi connectivity index (χ0) is 18.9. The van der Waals surface area contributed by atoms with E-state index in [-0.39, 0.29) is 57.2 Å². The monoisotopic (exact) mass is 719 g/mol. The quantitative estimate of drug-likeness (QED) is 0.123. The molecule has 0 spiro atoms. The van der Waals surface area contributed by atoms with Gasteiger partial charge in [0.1, 0.15) is 0 Å². The Kier molecular flexibility index (Phi) is 7.59. The SMILES string of the molecule is C1C[N-]1.O=C1NC(CN2Cc3c[c-]ccc3C2=O)(C2CCNCC2)C(=O)[I-]1.[U+2]. The van der Waals surface area contributed by atoms with Crippen molar-refractivity contribution in [3.05, 3.63) is 40.7 Å². The van der Waals surface area contributed by atoms with Gasteiger partial charge in [-0.05, 0) is 0 Å². The van der Waals surface area contributed by atoms with E-state index >= 15 is 0 Å². The van der Waals surface area contributed by atoms with Crippen molar-refractivity contribution < 1.29 is 66.7 Å². The Morgan fingerprint density at radius 1 is 1.25 bits per heavy atom. The van der Waals surface area contributed by atoms with Gasteiger partial charge in [-0.15, -0.1) is 0 Å². The van der Waals surface area contributed by atoms with Crippen molar-refractivity contribution in [3.8, 4) is 0 Å². The third kappa shape index (κ3) is 4.64. The molecule has 9 heteroatoms. The van der Waals surface area contributed by atoms with E-state index in [0.717, 1.165) is 44.6 Å². The first-order chi connectivity index (χ1) is 13.1. The van der Waals surface area contributed by atoms with Crippen molar-refractivity contribution in [1.29, 1.82) is 0 Å².